The van der Waals surface area contributed by atoms with Crippen molar-refractivity contribution in [3.05, 3.63) is 0 Å². The molecule has 4 unspecified atom stereocenters. The minimum absolute atomic E-state index is 0. The number of aliphatic carboxylic acids is 4. The van der Waals surface area contributed by atoms with E-state index in [0.717, 1.165) is 0 Å². The molecule has 0 spiro atoms. The van der Waals surface area contributed by atoms with Gasteiger partial charge in [0, 0.05) is 33.8 Å². The number of carboxylic acids is 4. The Hall–Kier alpha value is -1.25. The van der Waals surface area contributed by atoms with E-state index in [0.29, 0.717) is 0 Å². The van der Waals surface area contributed by atoms with Crippen molar-refractivity contribution in [3.8, 4) is 0 Å². The molecule has 22 heavy (non-hydrogen) atoms. The topological polar surface area (TPSA) is 230 Å². The summed E-state index contributed by atoms with van der Waals surface area (Å²) in [5.74, 6) is -7.07. The van der Waals surface area contributed by atoms with Crippen LogP contribution in [0.25, 0.3) is 0 Å². The second-order valence-corrected chi connectivity index (χ2v) is 3.13. The SMILES string of the molecule is O=C(O)C(O)C(O)C(=O)O.O=C(O)C(O)C(O)C(=O)O.[Co].[Mn]. The molecule has 0 bridgehead atoms. The minimum atomic E-state index is -2.27. The van der Waals surface area contributed by atoms with Gasteiger partial charge in [0.05, 0.1) is 0 Å². The van der Waals surface area contributed by atoms with Crippen molar-refractivity contribution in [1.82, 2.24) is 0 Å². The standard InChI is InChI=1S/2C4H6O6.Co.Mn/c2*5-1(3(7)8)2(6)4(9)10;;/h2*1-2,5-6H,(H,7,8)(H,9,10);;. The number of carboxylic acid groups (broad SMARTS) is 4. The first-order chi connectivity index (χ1) is 8.93. The summed E-state index contributed by atoms with van der Waals surface area (Å²) in [6, 6.07) is 0. The first-order valence-corrected chi connectivity index (χ1v) is 4.57. The number of rotatable bonds is 6. The number of hydrogen-bond donors (Lipinski definition) is 8. The Morgan fingerprint density at radius 2 is 0.591 bits per heavy atom. The van der Waals surface area contributed by atoms with E-state index in [4.69, 9.17) is 40.9 Å². The van der Waals surface area contributed by atoms with Gasteiger partial charge in [-0.3, -0.25) is 0 Å². The van der Waals surface area contributed by atoms with E-state index < -0.39 is 48.3 Å². The van der Waals surface area contributed by atoms with Crippen LogP contribution in [-0.4, -0.2) is 89.1 Å². The van der Waals surface area contributed by atoms with Crippen molar-refractivity contribution in [1.29, 1.82) is 0 Å². The molecule has 0 amide bonds. The molecule has 4 atom stereocenters. The molecule has 0 fully saturated rings. The molecule has 0 aromatic carbocycles. The molecule has 0 aliphatic carbocycles. The van der Waals surface area contributed by atoms with Crippen LogP contribution in [0.3, 0.4) is 0 Å². The van der Waals surface area contributed by atoms with Crippen molar-refractivity contribution in [3.63, 3.8) is 0 Å². The Labute approximate surface area is 142 Å². The molecule has 0 saturated heterocycles. The van der Waals surface area contributed by atoms with Crippen LogP contribution in [0.1, 0.15) is 0 Å². The predicted octanol–water partition coefficient (Wildman–Crippen LogP) is -4.25. The van der Waals surface area contributed by atoms with Gasteiger partial charge in [0.25, 0.3) is 0 Å². The Kier molecular flexibility index (Phi) is 17.6. The van der Waals surface area contributed by atoms with Crippen LogP contribution < -0.4 is 0 Å². The fraction of sp³-hybridized carbons (Fsp3) is 0.500. The third kappa shape index (κ3) is 11.4. The summed E-state index contributed by atoms with van der Waals surface area (Å²) in [6.07, 6.45) is -9.06. The summed E-state index contributed by atoms with van der Waals surface area (Å²) in [4.78, 5) is 39.1. The Morgan fingerprint density at radius 1 is 0.500 bits per heavy atom. The van der Waals surface area contributed by atoms with E-state index in [1.165, 1.54) is 0 Å². The number of carbonyl (C=O) groups is 4. The summed E-state index contributed by atoms with van der Waals surface area (Å²) < 4.78 is 0. The number of hydrogen-bond acceptors (Lipinski definition) is 8. The molecule has 0 aromatic rings. The molecule has 0 aliphatic rings. The number of aliphatic hydroxyl groups excluding tert-OH is 4. The zero-order chi connectivity index (χ0) is 16.6. The normalized spacial score (nSPS) is 14.4. The van der Waals surface area contributed by atoms with Gasteiger partial charge in [-0.1, -0.05) is 0 Å². The largest absolute Gasteiger partial charge is 0.479 e. The second-order valence-electron chi connectivity index (χ2n) is 3.13. The van der Waals surface area contributed by atoms with Crippen molar-refractivity contribution in [2.24, 2.45) is 0 Å². The maximum Gasteiger partial charge on any atom is 0.335 e. The van der Waals surface area contributed by atoms with Crippen molar-refractivity contribution >= 4 is 23.9 Å². The maximum absolute atomic E-state index is 9.77. The van der Waals surface area contributed by atoms with E-state index >= 15 is 0 Å². The molecule has 0 rings (SSSR count). The van der Waals surface area contributed by atoms with Crippen molar-refractivity contribution in [2.75, 3.05) is 0 Å². The average Bonchev–Trinajstić information content (AvgIpc) is 2.35. The summed E-state index contributed by atoms with van der Waals surface area (Å²) in [5, 5.41) is 65.1. The van der Waals surface area contributed by atoms with Gasteiger partial charge in [-0.15, -0.1) is 0 Å². The van der Waals surface area contributed by atoms with E-state index in [1.807, 2.05) is 0 Å². The molecule has 0 saturated carbocycles. The molecule has 12 nitrogen and oxygen atoms in total. The van der Waals surface area contributed by atoms with E-state index in [1.54, 1.807) is 0 Å². The molecule has 8 N–H and O–H groups in total. The fourth-order valence-corrected chi connectivity index (χ4v) is 0.540. The Morgan fingerprint density at radius 3 is 0.636 bits per heavy atom. The predicted molar refractivity (Wildman–Crippen MR) is 54.6 cm³/mol. The second kappa shape index (κ2) is 13.4. The third-order valence-corrected chi connectivity index (χ3v) is 1.61. The van der Waals surface area contributed by atoms with Gasteiger partial charge in [-0.05, 0) is 0 Å². The molecule has 0 heterocycles. The molecule has 0 aliphatic heterocycles. The molecule has 14 heteroatoms. The fourth-order valence-electron chi connectivity index (χ4n) is 0.540. The quantitative estimate of drug-likeness (QED) is 0.193. The van der Waals surface area contributed by atoms with E-state index in [2.05, 4.69) is 0 Å². The Bertz CT molecular complexity index is 315. The number of aliphatic hydroxyl groups is 4. The van der Waals surface area contributed by atoms with Crippen LogP contribution in [0.15, 0.2) is 0 Å². The van der Waals surface area contributed by atoms with Gasteiger partial charge in [-0.25, -0.2) is 19.2 Å². The van der Waals surface area contributed by atoms with Gasteiger partial charge >= 0.3 is 23.9 Å². The van der Waals surface area contributed by atoms with Crippen LogP contribution >= 0.6 is 0 Å². The molecular weight excluding hydrogens is 402 g/mol. The minimum Gasteiger partial charge on any atom is -0.479 e. The van der Waals surface area contributed by atoms with Crippen LogP contribution in [0.5, 0.6) is 0 Å². The summed E-state index contributed by atoms with van der Waals surface area (Å²) >= 11 is 0. The first-order valence-electron chi connectivity index (χ1n) is 4.57. The average molecular weight is 414 g/mol. The molecule has 2 radical (unpaired) electrons. The summed E-state index contributed by atoms with van der Waals surface area (Å²) in [7, 11) is 0. The zero-order valence-corrected chi connectivity index (χ0v) is 12.5. The van der Waals surface area contributed by atoms with Crippen LogP contribution in [0, 0.1) is 0 Å². The summed E-state index contributed by atoms with van der Waals surface area (Å²) in [5.41, 5.74) is 0. The zero-order valence-electron chi connectivity index (χ0n) is 10.2. The third-order valence-electron chi connectivity index (χ3n) is 1.61. The first kappa shape index (κ1) is 28.8. The van der Waals surface area contributed by atoms with Gasteiger partial charge < -0.3 is 40.9 Å². The van der Waals surface area contributed by atoms with Crippen molar-refractivity contribution < 1.29 is 93.9 Å². The van der Waals surface area contributed by atoms with E-state index in [-0.39, 0.29) is 33.8 Å². The maximum atomic E-state index is 9.77. The van der Waals surface area contributed by atoms with Gasteiger partial charge in [0.1, 0.15) is 0 Å². The molecule has 0 aromatic heterocycles. The Balaban J connectivity index is -0.000000135. The van der Waals surface area contributed by atoms with Gasteiger partial charge in [0.2, 0.25) is 0 Å². The van der Waals surface area contributed by atoms with Gasteiger partial charge in [0.15, 0.2) is 24.4 Å². The molecular formula is C8H12CoMnO12. The van der Waals surface area contributed by atoms with Crippen LogP contribution in [-0.2, 0) is 53.0 Å². The smallest absolute Gasteiger partial charge is 0.335 e. The van der Waals surface area contributed by atoms with Gasteiger partial charge in [-0.2, -0.15) is 0 Å². The summed E-state index contributed by atoms with van der Waals surface area (Å²) in [6.45, 7) is 0. The van der Waals surface area contributed by atoms with Crippen LogP contribution in [0.2, 0.25) is 0 Å². The van der Waals surface area contributed by atoms with Crippen LogP contribution in [0.4, 0.5) is 0 Å². The molecule has 132 valence electrons. The van der Waals surface area contributed by atoms with Crippen molar-refractivity contribution in [2.45, 2.75) is 24.4 Å². The van der Waals surface area contributed by atoms with E-state index in [9.17, 15) is 19.2 Å². The monoisotopic (exact) mass is 414 g/mol.